The number of rotatable bonds is 62. The lowest BCUT2D eigenvalue weighted by Gasteiger charge is -2.18. The summed E-state index contributed by atoms with van der Waals surface area (Å²) in [5, 5.41) is 0. The van der Waals surface area contributed by atoms with E-state index in [-0.39, 0.29) is 31.1 Å². The summed E-state index contributed by atoms with van der Waals surface area (Å²) < 4.78 is 17.0. The Kier molecular flexibility index (Phi) is 60.6. The summed E-state index contributed by atoms with van der Waals surface area (Å²) in [6, 6.07) is 0. The number of carbonyl (C=O) groups excluding carboxylic acids is 3. The molecule has 0 N–H and O–H groups in total. The van der Waals surface area contributed by atoms with E-state index in [9.17, 15) is 14.4 Å². The van der Waals surface area contributed by atoms with E-state index in [2.05, 4.69) is 20.8 Å². The van der Waals surface area contributed by atoms with Gasteiger partial charge in [-0.3, -0.25) is 14.4 Å². The molecule has 1 unspecified atom stereocenters. The van der Waals surface area contributed by atoms with Crippen molar-refractivity contribution >= 4 is 17.9 Å². The molecular weight excluding hydrogens is 889 g/mol. The minimum absolute atomic E-state index is 0.0603. The van der Waals surface area contributed by atoms with Gasteiger partial charge in [0.1, 0.15) is 13.2 Å². The van der Waals surface area contributed by atoms with Crippen molar-refractivity contribution in [2.45, 2.75) is 393 Å². The Labute approximate surface area is 450 Å². The highest BCUT2D eigenvalue weighted by Crippen LogP contribution is 2.19. The summed E-state index contributed by atoms with van der Waals surface area (Å²) in [6.07, 6.45) is 71.1. The molecule has 0 aliphatic heterocycles. The quantitative estimate of drug-likeness (QED) is 0.0343. The summed E-state index contributed by atoms with van der Waals surface area (Å²) in [7, 11) is 0. The van der Waals surface area contributed by atoms with Crippen molar-refractivity contribution in [3.8, 4) is 0 Å². The first-order chi connectivity index (χ1) is 35.5. The van der Waals surface area contributed by atoms with Gasteiger partial charge >= 0.3 is 17.9 Å². The third-order valence-corrected chi connectivity index (χ3v) is 15.4. The fourth-order valence-corrected chi connectivity index (χ4v) is 10.4. The number of ether oxygens (including phenoxy) is 3. The number of unbranched alkanes of at least 4 members (excludes halogenated alkanes) is 51. The summed E-state index contributed by atoms with van der Waals surface area (Å²) >= 11 is 0. The molecule has 428 valence electrons. The van der Waals surface area contributed by atoms with Crippen molar-refractivity contribution in [2.24, 2.45) is 0 Å². The highest BCUT2D eigenvalue weighted by atomic mass is 16.6. The maximum absolute atomic E-state index is 12.9. The molecule has 0 fully saturated rings. The Balaban J connectivity index is 4.24. The molecule has 0 aliphatic rings. The van der Waals surface area contributed by atoms with Crippen molar-refractivity contribution in [3.05, 3.63) is 0 Å². The highest BCUT2D eigenvalue weighted by Gasteiger charge is 2.19. The highest BCUT2D eigenvalue weighted by molar-refractivity contribution is 5.71. The molecule has 0 saturated carbocycles. The van der Waals surface area contributed by atoms with Crippen molar-refractivity contribution in [1.29, 1.82) is 0 Å². The van der Waals surface area contributed by atoms with Crippen LogP contribution in [0.2, 0.25) is 0 Å². The fraction of sp³-hybridized carbons (Fsp3) is 0.955. The molecule has 0 aromatic heterocycles. The van der Waals surface area contributed by atoms with E-state index in [1.165, 1.54) is 289 Å². The normalized spacial score (nSPS) is 11.9. The van der Waals surface area contributed by atoms with Gasteiger partial charge in [-0.15, -0.1) is 0 Å². The summed E-state index contributed by atoms with van der Waals surface area (Å²) in [4.78, 5) is 38.3. The van der Waals surface area contributed by atoms with E-state index in [1.807, 2.05) is 0 Å². The maximum atomic E-state index is 12.9. The Hall–Kier alpha value is -1.59. The molecule has 0 heterocycles. The van der Waals surface area contributed by atoms with Crippen molar-refractivity contribution in [2.75, 3.05) is 13.2 Å². The molecule has 0 radical (unpaired) electrons. The second-order valence-corrected chi connectivity index (χ2v) is 22.8. The van der Waals surface area contributed by atoms with Crippen LogP contribution in [-0.2, 0) is 28.6 Å². The van der Waals surface area contributed by atoms with Crippen LogP contribution in [0.5, 0.6) is 0 Å². The monoisotopic (exact) mass is 1020 g/mol. The Morgan fingerprint density at radius 2 is 0.375 bits per heavy atom. The predicted octanol–water partition coefficient (Wildman–Crippen LogP) is 22.3. The smallest absolute Gasteiger partial charge is 0.306 e. The van der Waals surface area contributed by atoms with Crippen LogP contribution in [0.1, 0.15) is 387 Å². The second kappa shape index (κ2) is 62.0. The molecule has 0 amide bonds. The first-order valence-corrected chi connectivity index (χ1v) is 33.0. The van der Waals surface area contributed by atoms with Gasteiger partial charge in [0, 0.05) is 19.3 Å². The zero-order chi connectivity index (χ0) is 52.2. The first-order valence-electron chi connectivity index (χ1n) is 33.0. The summed E-state index contributed by atoms with van der Waals surface area (Å²) in [5.41, 5.74) is 0. The van der Waals surface area contributed by atoms with Crippen LogP contribution in [0, 0.1) is 0 Å². The summed E-state index contributed by atoms with van der Waals surface area (Å²) in [5.74, 6) is -0.822. The van der Waals surface area contributed by atoms with Gasteiger partial charge in [-0.05, 0) is 19.3 Å². The van der Waals surface area contributed by atoms with Gasteiger partial charge in [-0.2, -0.15) is 0 Å². The van der Waals surface area contributed by atoms with Crippen LogP contribution in [0.15, 0.2) is 0 Å². The van der Waals surface area contributed by atoms with Crippen molar-refractivity contribution in [1.82, 2.24) is 0 Å². The van der Waals surface area contributed by atoms with Crippen LogP contribution in [0.3, 0.4) is 0 Å². The molecule has 0 spiro atoms. The molecule has 72 heavy (non-hydrogen) atoms. The molecule has 0 aliphatic carbocycles. The minimum Gasteiger partial charge on any atom is -0.462 e. The zero-order valence-corrected chi connectivity index (χ0v) is 49.2. The molecule has 0 bridgehead atoms. The molecule has 6 heteroatoms. The topological polar surface area (TPSA) is 78.9 Å². The Bertz CT molecular complexity index is 1080. The lowest BCUT2D eigenvalue weighted by atomic mass is 10.0. The van der Waals surface area contributed by atoms with Gasteiger partial charge in [0.25, 0.3) is 0 Å². The first kappa shape index (κ1) is 70.4. The van der Waals surface area contributed by atoms with E-state index in [0.717, 1.165) is 57.8 Å². The molecule has 0 aromatic carbocycles. The SMILES string of the molecule is CCCCCCCCCCCCCCCCCCCCCCCCC(=O)OCC(COC(=O)CCCCCCCCCCCCCCCCCC)OC(=O)CCCCCCCCCCCCCCCCCC. The Morgan fingerprint density at radius 1 is 0.222 bits per heavy atom. The molecule has 1 atom stereocenters. The van der Waals surface area contributed by atoms with Gasteiger partial charge in [0.05, 0.1) is 0 Å². The van der Waals surface area contributed by atoms with Crippen LogP contribution >= 0.6 is 0 Å². The van der Waals surface area contributed by atoms with Gasteiger partial charge in [0.15, 0.2) is 6.10 Å². The van der Waals surface area contributed by atoms with E-state index in [1.54, 1.807) is 0 Å². The molecule has 0 aromatic rings. The standard InChI is InChI=1S/C66H128O6/c1-4-7-10-13-16-19-22-25-28-31-32-33-34-35-36-39-41-44-47-50-53-56-59-65(68)71-62-63(72-66(69)60-57-54-51-48-45-42-38-30-27-24-21-18-15-12-9-6-3)61-70-64(67)58-55-52-49-46-43-40-37-29-26-23-20-17-14-11-8-5-2/h63H,4-62H2,1-3H3. The van der Waals surface area contributed by atoms with Crippen LogP contribution in [-0.4, -0.2) is 37.2 Å². The van der Waals surface area contributed by atoms with Gasteiger partial charge < -0.3 is 14.2 Å². The lowest BCUT2D eigenvalue weighted by molar-refractivity contribution is -0.167. The molecule has 6 nitrogen and oxygen atoms in total. The fourth-order valence-electron chi connectivity index (χ4n) is 10.4. The van der Waals surface area contributed by atoms with Crippen LogP contribution < -0.4 is 0 Å². The van der Waals surface area contributed by atoms with Crippen LogP contribution in [0.25, 0.3) is 0 Å². The van der Waals surface area contributed by atoms with Gasteiger partial charge in [-0.25, -0.2) is 0 Å². The van der Waals surface area contributed by atoms with E-state index >= 15 is 0 Å². The largest absolute Gasteiger partial charge is 0.462 e. The third kappa shape index (κ3) is 59.3. The van der Waals surface area contributed by atoms with Gasteiger partial charge in [0.2, 0.25) is 0 Å². The second-order valence-electron chi connectivity index (χ2n) is 22.8. The number of hydrogen-bond donors (Lipinski definition) is 0. The number of hydrogen-bond acceptors (Lipinski definition) is 6. The minimum atomic E-state index is -0.762. The van der Waals surface area contributed by atoms with E-state index < -0.39 is 6.10 Å². The predicted molar refractivity (Wildman–Crippen MR) is 312 cm³/mol. The maximum Gasteiger partial charge on any atom is 0.306 e. The zero-order valence-electron chi connectivity index (χ0n) is 49.2. The number of esters is 3. The van der Waals surface area contributed by atoms with Crippen molar-refractivity contribution < 1.29 is 28.6 Å². The number of carbonyl (C=O) groups is 3. The van der Waals surface area contributed by atoms with E-state index in [0.29, 0.717) is 19.3 Å². The third-order valence-electron chi connectivity index (χ3n) is 15.4. The summed E-state index contributed by atoms with van der Waals surface area (Å²) in [6.45, 7) is 6.74. The average Bonchev–Trinajstić information content (AvgIpc) is 3.38. The molecular formula is C66H128O6. The average molecular weight is 1020 g/mol. The van der Waals surface area contributed by atoms with Crippen molar-refractivity contribution in [3.63, 3.8) is 0 Å². The molecule has 0 rings (SSSR count). The van der Waals surface area contributed by atoms with Crippen LogP contribution in [0.4, 0.5) is 0 Å². The van der Waals surface area contributed by atoms with E-state index in [4.69, 9.17) is 14.2 Å². The lowest BCUT2D eigenvalue weighted by Crippen LogP contribution is -2.30. The van der Waals surface area contributed by atoms with Gasteiger partial charge in [-0.1, -0.05) is 348 Å². The Morgan fingerprint density at radius 3 is 0.556 bits per heavy atom. The molecule has 0 saturated heterocycles.